The highest BCUT2D eigenvalue weighted by molar-refractivity contribution is 6.32. The summed E-state index contributed by atoms with van der Waals surface area (Å²) in [5, 5.41) is 10.8. The molecule has 1 fully saturated rings. The summed E-state index contributed by atoms with van der Waals surface area (Å²) in [4.78, 5) is 3.99. The molecule has 0 spiro atoms. The van der Waals surface area contributed by atoms with Crippen LogP contribution in [0.4, 0.5) is 5.82 Å². The van der Waals surface area contributed by atoms with Gasteiger partial charge in [0, 0.05) is 6.54 Å². The second kappa shape index (κ2) is 4.10. The minimum Gasteiger partial charge on any atom is -0.367 e. The van der Waals surface area contributed by atoms with Crippen molar-refractivity contribution >= 4 is 29.0 Å². The van der Waals surface area contributed by atoms with E-state index < -0.39 is 0 Å². The minimum absolute atomic E-state index is 0.114. The van der Waals surface area contributed by atoms with Gasteiger partial charge >= 0.3 is 0 Å². The van der Waals surface area contributed by atoms with E-state index in [1.165, 1.54) is 19.3 Å². The average molecular weight is 247 g/mol. The van der Waals surface area contributed by atoms with E-state index in [0.29, 0.717) is 11.2 Å². The molecule has 0 atom stereocenters. The van der Waals surface area contributed by atoms with E-state index in [9.17, 15) is 0 Å². The van der Waals surface area contributed by atoms with Gasteiger partial charge in [-0.3, -0.25) is 0 Å². The van der Waals surface area contributed by atoms with Crippen LogP contribution in [-0.2, 0) is 0 Å². The maximum absolute atomic E-state index is 5.83. The Morgan fingerprint density at radius 3 is 2.67 bits per heavy atom. The number of anilines is 1. The molecule has 2 rings (SSSR count). The van der Waals surface area contributed by atoms with E-state index >= 15 is 0 Å². The van der Waals surface area contributed by atoms with Gasteiger partial charge in [-0.15, -0.1) is 10.2 Å². The molecule has 0 aliphatic heterocycles. The van der Waals surface area contributed by atoms with Gasteiger partial charge < -0.3 is 5.32 Å². The van der Waals surface area contributed by atoms with Crippen LogP contribution in [-0.4, -0.2) is 21.7 Å². The summed E-state index contributed by atoms with van der Waals surface area (Å²) >= 11 is 11.5. The average Bonchev–Trinajstić information content (AvgIpc) is 3.00. The first-order chi connectivity index (χ1) is 7.15. The van der Waals surface area contributed by atoms with Crippen LogP contribution >= 0.6 is 23.2 Å². The number of nitrogens with zero attached hydrogens (tertiary/aromatic N) is 3. The zero-order valence-electron chi connectivity index (χ0n) is 8.43. The second-order valence-electron chi connectivity index (χ2n) is 3.93. The molecule has 4 nitrogen and oxygen atoms in total. The molecule has 6 heteroatoms. The van der Waals surface area contributed by atoms with Crippen molar-refractivity contribution in [1.29, 1.82) is 0 Å². The van der Waals surface area contributed by atoms with Crippen LogP contribution in [0.2, 0.25) is 10.4 Å². The zero-order valence-corrected chi connectivity index (χ0v) is 9.94. The normalized spacial score (nSPS) is 17.5. The number of nitrogens with one attached hydrogen (secondary N) is 1. The molecule has 0 radical (unpaired) electrons. The maximum Gasteiger partial charge on any atom is 0.245 e. The largest absolute Gasteiger partial charge is 0.367 e. The maximum atomic E-state index is 5.83. The molecule has 0 unspecified atom stereocenters. The quantitative estimate of drug-likeness (QED) is 0.888. The van der Waals surface area contributed by atoms with Crippen LogP contribution in [0.1, 0.15) is 26.2 Å². The Kier molecular flexibility index (Phi) is 2.98. The van der Waals surface area contributed by atoms with Crippen LogP contribution in [0, 0.1) is 5.41 Å². The van der Waals surface area contributed by atoms with E-state index in [1.54, 1.807) is 0 Å². The van der Waals surface area contributed by atoms with Crippen LogP contribution < -0.4 is 5.32 Å². The number of hydrogen-bond donors (Lipinski definition) is 1. The molecule has 1 N–H and O–H groups in total. The molecule has 1 aromatic rings. The first-order valence-electron chi connectivity index (χ1n) is 4.95. The van der Waals surface area contributed by atoms with Gasteiger partial charge in [0.05, 0.1) is 0 Å². The highest BCUT2D eigenvalue weighted by Crippen LogP contribution is 2.48. The molecule has 1 aliphatic carbocycles. The van der Waals surface area contributed by atoms with Crippen LogP contribution in [0.3, 0.4) is 0 Å². The van der Waals surface area contributed by atoms with Crippen LogP contribution in [0.25, 0.3) is 0 Å². The topological polar surface area (TPSA) is 50.7 Å². The van der Waals surface area contributed by atoms with E-state index in [4.69, 9.17) is 23.2 Å². The third-order valence-electron chi connectivity index (χ3n) is 2.96. The van der Waals surface area contributed by atoms with E-state index in [0.717, 1.165) is 6.54 Å². The van der Waals surface area contributed by atoms with Gasteiger partial charge in [0.15, 0.2) is 11.0 Å². The molecule has 0 aromatic carbocycles. The standard InChI is InChI=1S/C9H12Cl2N4/c1-2-9(3-4-9)5-12-7-6(10)14-15-8(11)13-7/h2-5H2,1H3,(H,12,13,15). The Morgan fingerprint density at radius 1 is 1.33 bits per heavy atom. The number of rotatable bonds is 4. The molecular formula is C9H12Cl2N4. The summed E-state index contributed by atoms with van der Waals surface area (Å²) < 4.78 is 0. The lowest BCUT2D eigenvalue weighted by Gasteiger charge is -2.13. The summed E-state index contributed by atoms with van der Waals surface area (Å²) in [5.74, 6) is 0.524. The van der Waals surface area contributed by atoms with Crippen molar-refractivity contribution in [2.24, 2.45) is 5.41 Å². The lowest BCUT2D eigenvalue weighted by Crippen LogP contribution is -2.16. The summed E-state index contributed by atoms with van der Waals surface area (Å²) in [6.45, 7) is 3.07. The molecule has 1 heterocycles. The van der Waals surface area contributed by atoms with Crippen LogP contribution in [0.5, 0.6) is 0 Å². The summed E-state index contributed by atoms with van der Waals surface area (Å²) in [5.41, 5.74) is 0.431. The molecule has 82 valence electrons. The summed E-state index contributed by atoms with van der Waals surface area (Å²) in [7, 11) is 0. The van der Waals surface area contributed by atoms with Crippen LogP contribution in [0.15, 0.2) is 0 Å². The van der Waals surface area contributed by atoms with Crippen molar-refractivity contribution in [2.45, 2.75) is 26.2 Å². The molecule has 1 aliphatic rings. The Morgan fingerprint density at radius 2 is 2.07 bits per heavy atom. The smallest absolute Gasteiger partial charge is 0.245 e. The van der Waals surface area contributed by atoms with Gasteiger partial charge in [-0.2, -0.15) is 4.98 Å². The lowest BCUT2D eigenvalue weighted by atomic mass is 10.0. The number of hydrogen-bond acceptors (Lipinski definition) is 4. The Hall–Kier alpha value is -0.610. The third-order valence-corrected chi connectivity index (χ3v) is 3.37. The van der Waals surface area contributed by atoms with Crippen molar-refractivity contribution in [3.63, 3.8) is 0 Å². The monoisotopic (exact) mass is 246 g/mol. The van der Waals surface area contributed by atoms with Crippen molar-refractivity contribution in [2.75, 3.05) is 11.9 Å². The van der Waals surface area contributed by atoms with E-state index in [1.807, 2.05) is 0 Å². The lowest BCUT2D eigenvalue weighted by molar-refractivity contribution is 0.520. The van der Waals surface area contributed by atoms with E-state index in [2.05, 4.69) is 27.4 Å². The fourth-order valence-electron chi connectivity index (χ4n) is 1.51. The van der Waals surface area contributed by atoms with Crippen molar-refractivity contribution in [1.82, 2.24) is 15.2 Å². The molecule has 15 heavy (non-hydrogen) atoms. The van der Waals surface area contributed by atoms with Gasteiger partial charge in [-0.25, -0.2) is 0 Å². The van der Waals surface area contributed by atoms with Crippen molar-refractivity contribution in [3.05, 3.63) is 10.4 Å². The minimum atomic E-state index is 0.114. The molecule has 1 saturated carbocycles. The molecule has 0 saturated heterocycles. The predicted molar refractivity (Wildman–Crippen MR) is 60.3 cm³/mol. The zero-order chi connectivity index (χ0) is 10.9. The Balaban J connectivity index is 2.01. The predicted octanol–water partition coefficient (Wildman–Crippen LogP) is 2.78. The Labute approximate surface area is 98.4 Å². The van der Waals surface area contributed by atoms with E-state index in [-0.39, 0.29) is 10.4 Å². The van der Waals surface area contributed by atoms with Gasteiger partial charge in [-0.1, -0.05) is 18.5 Å². The molecule has 1 aromatic heterocycles. The molecular weight excluding hydrogens is 235 g/mol. The SMILES string of the molecule is CCC1(CNc2nc(Cl)nnc2Cl)CC1. The van der Waals surface area contributed by atoms with Gasteiger partial charge in [0.2, 0.25) is 5.28 Å². The molecule has 0 amide bonds. The van der Waals surface area contributed by atoms with Gasteiger partial charge in [0.25, 0.3) is 0 Å². The Bertz CT molecular complexity index is 365. The van der Waals surface area contributed by atoms with Crippen molar-refractivity contribution in [3.8, 4) is 0 Å². The summed E-state index contributed by atoms with van der Waals surface area (Å²) in [6.07, 6.45) is 3.70. The highest BCUT2D eigenvalue weighted by Gasteiger charge is 2.40. The first-order valence-corrected chi connectivity index (χ1v) is 5.70. The fourth-order valence-corrected chi connectivity index (χ4v) is 1.78. The third kappa shape index (κ3) is 2.49. The molecule has 0 bridgehead atoms. The second-order valence-corrected chi connectivity index (χ2v) is 4.62. The number of halogens is 2. The first kappa shape index (κ1) is 10.9. The number of aromatic nitrogens is 3. The summed E-state index contributed by atoms with van der Waals surface area (Å²) in [6, 6.07) is 0. The highest BCUT2D eigenvalue weighted by atomic mass is 35.5. The van der Waals surface area contributed by atoms with Crippen molar-refractivity contribution < 1.29 is 0 Å². The van der Waals surface area contributed by atoms with Gasteiger partial charge in [-0.05, 0) is 36.3 Å². The van der Waals surface area contributed by atoms with Gasteiger partial charge in [0.1, 0.15) is 0 Å². The fraction of sp³-hybridized carbons (Fsp3) is 0.667.